The van der Waals surface area contributed by atoms with E-state index in [1.165, 1.54) is 38.7 Å². The molecule has 0 saturated carbocycles. The lowest BCUT2D eigenvalue weighted by Gasteiger charge is -2.20. The third kappa shape index (κ3) is 1.97. The Labute approximate surface area is 95.2 Å². The van der Waals surface area contributed by atoms with Crippen LogP contribution in [-0.4, -0.2) is 46.8 Å². The highest BCUT2D eigenvalue weighted by Gasteiger charge is 2.36. The van der Waals surface area contributed by atoms with Crippen molar-refractivity contribution in [1.82, 2.24) is 20.4 Å². The van der Waals surface area contributed by atoms with E-state index in [0.29, 0.717) is 6.04 Å². The van der Waals surface area contributed by atoms with Crippen LogP contribution in [0.15, 0.2) is 10.9 Å². The van der Waals surface area contributed by atoms with Gasteiger partial charge in [-0.3, -0.25) is 4.90 Å². The van der Waals surface area contributed by atoms with E-state index >= 15 is 0 Å². The van der Waals surface area contributed by atoms with Gasteiger partial charge in [0.25, 0.3) is 0 Å². The number of hydrogen-bond donors (Lipinski definition) is 1. The van der Waals surface area contributed by atoms with Crippen LogP contribution < -0.4 is 5.32 Å². The second-order valence-corrected chi connectivity index (χ2v) is 4.69. The average Bonchev–Trinajstić information content (AvgIpc) is 2.95. The van der Waals surface area contributed by atoms with Gasteiger partial charge >= 0.3 is 0 Å². The first kappa shape index (κ1) is 10.2. The van der Waals surface area contributed by atoms with Crippen LogP contribution in [-0.2, 0) is 6.42 Å². The van der Waals surface area contributed by atoms with Gasteiger partial charge in [-0.05, 0) is 25.8 Å². The maximum absolute atomic E-state index is 4.71. The monoisotopic (exact) mass is 222 g/mol. The highest BCUT2D eigenvalue weighted by molar-refractivity contribution is 4.95. The molecule has 16 heavy (non-hydrogen) atoms. The molecule has 3 rings (SSSR count). The third-order valence-electron chi connectivity index (χ3n) is 3.77. The van der Waals surface area contributed by atoms with Crippen molar-refractivity contribution in [2.24, 2.45) is 0 Å². The van der Waals surface area contributed by atoms with Crippen molar-refractivity contribution >= 4 is 0 Å². The molecule has 2 aliphatic rings. The minimum atomic E-state index is 0.675. The average molecular weight is 222 g/mol. The van der Waals surface area contributed by atoms with Crippen molar-refractivity contribution in [3.8, 4) is 0 Å². The lowest BCUT2D eigenvalue weighted by atomic mass is 10.1. The van der Waals surface area contributed by atoms with Crippen molar-refractivity contribution in [3.63, 3.8) is 0 Å². The Balaban J connectivity index is 1.45. The van der Waals surface area contributed by atoms with Crippen LogP contribution in [0.3, 0.4) is 0 Å². The zero-order valence-electron chi connectivity index (χ0n) is 9.43. The lowest BCUT2D eigenvalue weighted by molar-refractivity contribution is 0.299. The molecule has 2 saturated heterocycles. The first-order valence-electron chi connectivity index (χ1n) is 6.16. The van der Waals surface area contributed by atoms with Gasteiger partial charge in [0, 0.05) is 31.6 Å². The van der Waals surface area contributed by atoms with Crippen LogP contribution >= 0.6 is 0 Å². The molecule has 2 aliphatic heterocycles. The number of nitrogens with zero attached hydrogens (tertiary/aromatic N) is 3. The predicted octanol–water partition coefficient (Wildman–Crippen LogP) is 0.438. The number of hydrogen-bond acceptors (Lipinski definition) is 5. The number of aromatic nitrogens is 2. The molecule has 0 spiro atoms. The van der Waals surface area contributed by atoms with Crippen molar-refractivity contribution in [1.29, 1.82) is 0 Å². The van der Waals surface area contributed by atoms with Crippen LogP contribution in [0.25, 0.3) is 0 Å². The molecule has 5 heteroatoms. The molecule has 2 atom stereocenters. The molecular formula is C11H18N4O. The van der Waals surface area contributed by atoms with Crippen LogP contribution in [0, 0.1) is 0 Å². The van der Waals surface area contributed by atoms with Crippen LogP contribution in [0.5, 0.6) is 0 Å². The molecule has 1 N–H and O–H groups in total. The lowest BCUT2D eigenvalue weighted by Crippen LogP contribution is -2.40. The van der Waals surface area contributed by atoms with E-state index in [1.54, 1.807) is 0 Å². The standard InChI is InChI=1S/C11H18N4O/c1-2-10-9(4-7-15(10)6-1)12-5-3-11-13-8-16-14-11/h8-10,12H,1-7H2. The van der Waals surface area contributed by atoms with E-state index in [-0.39, 0.29) is 0 Å². The number of fused-ring (bicyclic) bond motifs is 1. The van der Waals surface area contributed by atoms with E-state index in [2.05, 4.69) is 20.4 Å². The van der Waals surface area contributed by atoms with E-state index in [1.807, 2.05) is 0 Å². The van der Waals surface area contributed by atoms with Crippen molar-refractivity contribution in [2.75, 3.05) is 19.6 Å². The molecule has 0 radical (unpaired) electrons. The predicted molar refractivity (Wildman–Crippen MR) is 59.0 cm³/mol. The molecular weight excluding hydrogens is 204 g/mol. The van der Waals surface area contributed by atoms with Gasteiger partial charge in [0.15, 0.2) is 5.82 Å². The summed E-state index contributed by atoms with van der Waals surface area (Å²) in [5, 5.41) is 7.44. The second-order valence-electron chi connectivity index (χ2n) is 4.69. The maximum atomic E-state index is 4.71. The summed E-state index contributed by atoms with van der Waals surface area (Å²) >= 11 is 0. The van der Waals surface area contributed by atoms with Crippen molar-refractivity contribution in [3.05, 3.63) is 12.2 Å². The van der Waals surface area contributed by atoms with Crippen molar-refractivity contribution < 1.29 is 4.52 Å². The summed E-state index contributed by atoms with van der Waals surface area (Å²) in [5.74, 6) is 0.800. The number of nitrogens with one attached hydrogen (secondary N) is 1. The SMILES string of the molecule is c1nc(CCNC2CCN3CCCC23)no1. The first-order chi connectivity index (χ1) is 7.93. The van der Waals surface area contributed by atoms with E-state index in [9.17, 15) is 0 Å². The Morgan fingerprint density at radius 1 is 1.44 bits per heavy atom. The van der Waals surface area contributed by atoms with Gasteiger partial charge in [-0.2, -0.15) is 4.98 Å². The summed E-state index contributed by atoms with van der Waals surface area (Å²) in [6, 6.07) is 1.46. The molecule has 0 amide bonds. The molecule has 0 aliphatic carbocycles. The van der Waals surface area contributed by atoms with Gasteiger partial charge in [0.05, 0.1) is 0 Å². The second kappa shape index (κ2) is 4.51. The minimum Gasteiger partial charge on any atom is -0.343 e. The summed E-state index contributed by atoms with van der Waals surface area (Å²) in [6.45, 7) is 3.52. The highest BCUT2D eigenvalue weighted by Crippen LogP contribution is 2.27. The first-order valence-corrected chi connectivity index (χ1v) is 6.16. The maximum Gasteiger partial charge on any atom is 0.213 e. The molecule has 2 unspecified atom stereocenters. The van der Waals surface area contributed by atoms with Gasteiger partial charge < -0.3 is 9.84 Å². The summed E-state index contributed by atoms with van der Waals surface area (Å²) in [5.41, 5.74) is 0. The van der Waals surface area contributed by atoms with Crippen LogP contribution in [0.2, 0.25) is 0 Å². The molecule has 0 bridgehead atoms. The summed E-state index contributed by atoms with van der Waals surface area (Å²) in [4.78, 5) is 6.64. The molecule has 88 valence electrons. The molecule has 0 aromatic carbocycles. The normalized spacial score (nSPS) is 29.8. The molecule has 3 heterocycles. The topological polar surface area (TPSA) is 54.2 Å². The van der Waals surface area contributed by atoms with Crippen LogP contribution in [0.1, 0.15) is 25.1 Å². The largest absolute Gasteiger partial charge is 0.343 e. The smallest absolute Gasteiger partial charge is 0.213 e. The minimum absolute atomic E-state index is 0.675. The summed E-state index contributed by atoms with van der Waals surface area (Å²) < 4.78 is 4.71. The highest BCUT2D eigenvalue weighted by atomic mass is 16.5. The van der Waals surface area contributed by atoms with E-state index in [0.717, 1.165) is 24.8 Å². The Kier molecular flexibility index (Phi) is 2.88. The zero-order chi connectivity index (χ0) is 10.8. The molecule has 1 aromatic rings. The van der Waals surface area contributed by atoms with Gasteiger partial charge in [-0.1, -0.05) is 5.16 Å². The van der Waals surface area contributed by atoms with E-state index in [4.69, 9.17) is 4.52 Å². The summed E-state index contributed by atoms with van der Waals surface area (Å²) in [7, 11) is 0. The van der Waals surface area contributed by atoms with Gasteiger partial charge in [-0.15, -0.1) is 0 Å². The molecule has 5 nitrogen and oxygen atoms in total. The third-order valence-corrected chi connectivity index (χ3v) is 3.77. The fraction of sp³-hybridized carbons (Fsp3) is 0.818. The quantitative estimate of drug-likeness (QED) is 0.801. The number of rotatable bonds is 4. The zero-order valence-corrected chi connectivity index (χ0v) is 9.43. The Morgan fingerprint density at radius 3 is 3.31 bits per heavy atom. The molecule has 1 aromatic heterocycles. The van der Waals surface area contributed by atoms with Gasteiger partial charge in [0.2, 0.25) is 6.39 Å². The Hall–Kier alpha value is -0.940. The van der Waals surface area contributed by atoms with Gasteiger partial charge in [-0.25, -0.2) is 0 Å². The Morgan fingerprint density at radius 2 is 2.44 bits per heavy atom. The molecule has 2 fully saturated rings. The fourth-order valence-electron chi connectivity index (χ4n) is 2.99. The van der Waals surface area contributed by atoms with Crippen LogP contribution in [0.4, 0.5) is 0 Å². The van der Waals surface area contributed by atoms with Gasteiger partial charge in [0.1, 0.15) is 0 Å². The summed E-state index contributed by atoms with van der Waals surface area (Å²) in [6.07, 6.45) is 6.27. The fourth-order valence-corrected chi connectivity index (χ4v) is 2.99. The van der Waals surface area contributed by atoms with Crippen molar-refractivity contribution in [2.45, 2.75) is 37.8 Å². The Bertz CT molecular complexity index is 327. The van der Waals surface area contributed by atoms with E-state index < -0.39 is 0 Å².